The predicted octanol–water partition coefficient (Wildman–Crippen LogP) is -1.87. The molecule has 0 radical (unpaired) electrons. The topological polar surface area (TPSA) is 116 Å². The maximum absolute atomic E-state index is 11.8. The lowest BCUT2D eigenvalue weighted by Crippen LogP contribution is -2.36. The number of aliphatic hydroxyl groups is 3. The maximum atomic E-state index is 11.8. The second-order valence-electron chi connectivity index (χ2n) is 4.22. The zero-order valence-electron chi connectivity index (χ0n) is 10.2. The van der Waals surface area contributed by atoms with Gasteiger partial charge < -0.3 is 20.1 Å². The minimum atomic E-state index is -1.35. The van der Waals surface area contributed by atoms with Crippen LogP contribution in [0.4, 0.5) is 0 Å². The highest BCUT2D eigenvalue weighted by Crippen LogP contribution is 2.34. The number of hydrogen-bond acceptors (Lipinski definition) is 7. The van der Waals surface area contributed by atoms with Crippen molar-refractivity contribution in [1.29, 1.82) is 0 Å². The second-order valence-corrected chi connectivity index (χ2v) is 5.49. The van der Waals surface area contributed by atoms with Crippen molar-refractivity contribution in [2.75, 3.05) is 12.4 Å². The first kappa shape index (κ1) is 14.5. The van der Waals surface area contributed by atoms with Crippen molar-refractivity contribution in [3.63, 3.8) is 0 Å². The number of aliphatic hydroxyl groups excluding tert-OH is 3. The summed E-state index contributed by atoms with van der Waals surface area (Å²) < 4.78 is 5.28. The summed E-state index contributed by atoms with van der Waals surface area (Å²) in [5.74, 6) is -0.575. The van der Waals surface area contributed by atoms with Crippen molar-refractivity contribution in [3.8, 4) is 0 Å². The Balaban J connectivity index is 2.33. The molecule has 2 rings (SSSR count). The summed E-state index contributed by atoms with van der Waals surface area (Å²) in [6.45, 7) is 1.34. The molecule has 19 heavy (non-hydrogen) atoms. The SMILES string of the molecule is CCSC1=C([C@@H]2O[C@H](CO)[C@@H](O)[C@H]2O)C(=O)NC1=O. The quantitative estimate of drug-likeness (QED) is 0.448. The number of carbonyl (C=O) groups excluding carboxylic acids is 2. The summed E-state index contributed by atoms with van der Waals surface area (Å²) in [6.07, 6.45) is -4.72. The van der Waals surface area contributed by atoms with E-state index in [0.29, 0.717) is 5.75 Å². The van der Waals surface area contributed by atoms with E-state index in [4.69, 9.17) is 9.84 Å². The standard InChI is InChI=1S/C11H15NO6S/c1-2-19-9-5(10(16)12-11(9)17)8-7(15)6(14)4(3-13)18-8/h4,6-8,13-15H,2-3H2,1H3,(H,12,16,17)/t4-,6-,7-,8+/m1/s1. The number of nitrogens with one attached hydrogen (secondary N) is 1. The predicted molar refractivity (Wildman–Crippen MR) is 66.1 cm³/mol. The monoisotopic (exact) mass is 289 g/mol. The number of hydrogen-bond donors (Lipinski definition) is 4. The molecule has 0 aromatic heterocycles. The Morgan fingerprint density at radius 1 is 1.26 bits per heavy atom. The third-order valence-corrected chi connectivity index (χ3v) is 4.02. The summed E-state index contributed by atoms with van der Waals surface area (Å²) in [5.41, 5.74) is 0.0272. The fourth-order valence-corrected chi connectivity index (χ4v) is 2.97. The normalized spacial score (nSPS) is 35.2. The van der Waals surface area contributed by atoms with Crippen molar-refractivity contribution in [1.82, 2.24) is 5.32 Å². The molecule has 4 atom stereocenters. The molecule has 7 nitrogen and oxygen atoms in total. The van der Waals surface area contributed by atoms with Crippen LogP contribution >= 0.6 is 11.8 Å². The molecule has 1 saturated heterocycles. The van der Waals surface area contributed by atoms with Crippen LogP contribution in [0.1, 0.15) is 6.92 Å². The summed E-state index contributed by atoms with van der Waals surface area (Å²) in [7, 11) is 0. The average Bonchev–Trinajstić information content (AvgIpc) is 2.80. The van der Waals surface area contributed by atoms with Crippen LogP contribution in [0.3, 0.4) is 0 Å². The first-order chi connectivity index (χ1) is 9.01. The van der Waals surface area contributed by atoms with Crippen molar-refractivity contribution in [2.24, 2.45) is 0 Å². The van der Waals surface area contributed by atoms with Crippen LogP contribution < -0.4 is 5.32 Å². The van der Waals surface area contributed by atoms with Gasteiger partial charge in [0.1, 0.15) is 24.4 Å². The van der Waals surface area contributed by atoms with Crippen LogP contribution in [0.15, 0.2) is 10.5 Å². The molecule has 106 valence electrons. The zero-order chi connectivity index (χ0) is 14.2. The van der Waals surface area contributed by atoms with Gasteiger partial charge in [0.05, 0.1) is 17.1 Å². The molecule has 2 heterocycles. The van der Waals surface area contributed by atoms with Crippen LogP contribution in [0.5, 0.6) is 0 Å². The highest BCUT2D eigenvalue weighted by molar-refractivity contribution is 8.04. The van der Waals surface area contributed by atoms with E-state index in [9.17, 15) is 19.8 Å². The number of ether oxygens (including phenoxy) is 1. The van der Waals surface area contributed by atoms with Gasteiger partial charge in [0.15, 0.2) is 0 Å². The lowest BCUT2D eigenvalue weighted by atomic mass is 10.0. The second kappa shape index (κ2) is 5.59. The maximum Gasteiger partial charge on any atom is 0.265 e. The minimum Gasteiger partial charge on any atom is -0.394 e. The van der Waals surface area contributed by atoms with Crippen molar-refractivity contribution < 1.29 is 29.6 Å². The number of imide groups is 1. The molecule has 0 spiro atoms. The molecule has 0 unspecified atom stereocenters. The summed E-state index contributed by atoms with van der Waals surface area (Å²) >= 11 is 1.17. The summed E-state index contributed by atoms with van der Waals surface area (Å²) in [4.78, 5) is 23.6. The molecule has 2 amide bonds. The molecular formula is C11H15NO6S. The summed E-state index contributed by atoms with van der Waals surface area (Å²) in [6, 6.07) is 0. The van der Waals surface area contributed by atoms with Crippen LogP contribution in [0.2, 0.25) is 0 Å². The lowest BCUT2D eigenvalue weighted by Gasteiger charge is -2.15. The van der Waals surface area contributed by atoms with E-state index in [-0.39, 0.29) is 10.5 Å². The van der Waals surface area contributed by atoms with Gasteiger partial charge in [0, 0.05) is 0 Å². The molecule has 0 aromatic carbocycles. The Kier molecular flexibility index (Phi) is 4.26. The van der Waals surface area contributed by atoms with Gasteiger partial charge in [0.25, 0.3) is 11.8 Å². The smallest absolute Gasteiger partial charge is 0.265 e. The van der Waals surface area contributed by atoms with Gasteiger partial charge in [-0.25, -0.2) is 0 Å². The number of rotatable bonds is 4. The first-order valence-corrected chi connectivity index (χ1v) is 6.84. The van der Waals surface area contributed by atoms with Crippen molar-refractivity contribution in [3.05, 3.63) is 10.5 Å². The van der Waals surface area contributed by atoms with Gasteiger partial charge in [-0.1, -0.05) is 6.92 Å². The average molecular weight is 289 g/mol. The Hall–Kier alpha value is -0.930. The Labute approximate surface area is 113 Å². The van der Waals surface area contributed by atoms with E-state index < -0.39 is 42.8 Å². The molecule has 1 fully saturated rings. The molecule has 0 bridgehead atoms. The van der Waals surface area contributed by atoms with E-state index >= 15 is 0 Å². The summed E-state index contributed by atoms with van der Waals surface area (Å²) in [5, 5.41) is 30.7. The van der Waals surface area contributed by atoms with Gasteiger partial charge in [-0.2, -0.15) is 0 Å². The molecule has 0 aliphatic carbocycles. The van der Waals surface area contributed by atoms with Gasteiger partial charge in [-0.3, -0.25) is 14.9 Å². The Morgan fingerprint density at radius 2 is 1.95 bits per heavy atom. The first-order valence-electron chi connectivity index (χ1n) is 5.86. The Bertz CT molecular complexity index is 437. The zero-order valence-corrected chi connectivity index (χ0v) is 11.0. The van der Waals surface area contributed by atoms with Crippen molar-refractivity contribution >= 4 is 23.6 Å². The molecular weight excluding hydrogens is 274 g/mol. The lowest BCUT2D eigenvalue weighted by molar-refractivity contribution is -0.124. The highest BCUT2D eigenvalue weighted by Gasteiger charge is 2.49. The van der Waals surface area contributed by atoms with Crippen LogP contribution in [0.25, 0.3) is 0 Å². The van der Waals surface area contributed by atoms with Crippen LogP contribution in [0, 0.1) is 0 Å². The number of thioether (sulfide) groups is 1. The van der Waals surface area contributed by atoms with Gasteiger partial charge in [0.2, 0.25) is 0 Å². The van der Waals surface area contributed by atoms with Gasteiger partial charge in [-0.15, -0.1) is 11.8 Å². The third-order valence-electron chi connectivity index (χ3n) is 3.04. The molecule has 2 aliphatic heterocycles. The largest absolute Gasteiger partial charge is 0.394 e. The molecule has 2 aliphatic rings. The van der Waals surface area contributed by atoms with Gasteiger partial charge in [-0.05, 0) is 5.75 Å². The number of amides is 2. The fraction of sp³-hybridized carbons (Fsp3) is 0.636. The van der Waals surface area contributed by atoms with E-state index in [2.05, 4.69) is 5.32 Å². The number of carbonyl (C=O) groups is 2. The molecule has 8 heteroatoms. The van der Waals surface area contributed by atoms with E-state index in [1.54, 1.807) is 0 Å². The minimum absolute atomic E-state index is 0.0272. The Morgan fingerprint density at radius 3 is 2.47 bits per heavy atom. The highest BCUT2D eigenvalue weighted by atomic mass is 32.2. The van der Waals surface area contributed by atoms with E-state index in [0.717, 1.165) is 0 Å². The van der Waals surface area contributed by atoms with E-state index in [1.165, 1.54) is 11.8 Å². The third kappa shape index (κ3) is 2.41. The molecule has 0 aromatic rings. The molecule has 4 N–H and O–H groups in total. The van der Waals surface area contributed by atoms with Crippen LogP contribution in [-0.2, 0) is 14.3 Å². The fourth-order valence-electron chi connectivity index (χ4n) is 2.14. The van der Waals surface area contributed by atoms with Crippen molar-refractivity contribution in [2.45, 2.75) is 31.3 Å². The molecule has 0 saturated carbocycles. The van der Waals surface area contributed by atoms with E-state index in [1.807, 2.05) is 6.92 Å². The van der Waals surface area contributed by atoms with Crippen LogP contribution in [-0.4, -0.2) is 63.9 Å². The van der Waals surface area contributed by atoms with Gasteiger partial charge >= 0.3 is 0 Å².